The molecule has 0 aliphatic carbocycles. The molecule has 0 spiro atoms. The number of benzene rings is 1. The van der Waals surface area contributed by atoms with Crippen LogP contribution in [0.3, 0.4) is 0 Å². The maximum absolute atomic E-state index is 12.0. The molecule has 2 rings (SSSR count). The Hall–Kier alpha value is -2.15. The van der Waals surface area contributed by atoms with E-state index in [4.69, 9.17) is 5.26 Å². The lowest BCUT2D eigenvalue weighted by atomic mass is 9.95. The van der Waals surface area contributed by atoms with Gasteiger partial charge in [0, 0.05) is 11.3 Å². The van der Waals surface area contributed by atoms with Gasteiger partial charge in [0.05, 0.1) is 12.5 Å². The average molecular weight is 228 g/mol. The summed E-state index contributed by atoms with van der Waals surface area (Å²) in [5.41, 5.74) is 2.10. The Labute approximate surface area is 99.2 Å². The number of amides is 1. The number of fused-ring (bicyclic) bond motifs is 1. The van der Waals surface area contributed by atoms with E-state index in [9.17, 15) is 9.59 Å². The first-order valence-corrected chi connectivity index (χ1v) is 5.52. The highest BCUT2D eigenvalue weighted by atomic mass is 16.1. The van der Waals surface area contributed by atoms with Gasteiger partial charge in [-0.05, 0) is 30.2 Å². The molecule has 1 aromatic rings. The Morgan fingerprint density at radius 2 is 2.35 bits per heavy atom. The van der Waals surface area contributed by atoms with E-state index in [1.807, 2.05) is 13.0 Å². The van der Waals surface area contributed by atoms with Crippen molar-refractivity contribution in [2.75, 3.05) is 5.32 Å². The monoisotopic (exact) mass is 228 g/mol. The number of carbonyl (C=O) groups is 2. The van der Waals surface area contributed by atoms with E-state index in [0.29, 0.717) is 18.4 Å². The standard InChI is InChI=1S/C13H12N2O2/c1-2-8(7-14)13(17)9-3-4-11-10(5-9)6-12(16)15-11/h3-5,8H,2,6H2,1H3,(H,15,16). The first-order chi connectivity index (χ1) is 8.15. The summed E-state index contributed by atoms with van der Waals surface area (Å²) in [6.45, 7) is 1.81. The lowest BCUT2D eigenvalue weighted by Gasteiger charge is -2.06. The van der Waals surface area contributed by atoms with E-state index in [1.54, 1.807) is 18.2 Å². The minimum atomic E-state index is -0.599. The van der Waals surface area contributed by atoms with E-state index in [0.717, 1.165) is 11.3 Å². The highest BCUT2D eigenvalue weighted by Crippen LogP contribution is 2.25. The Morgan fingerprint density at radius 3 is 3.00 bits per heavy atom. The Kier molecular flexibility index (Phi) is 2.92. The first-order valence-electron chi connectivity index (χ1n) is 5.52. The second-order valence-corrected chi connectivity index (χ2v) is 4.05. The van der Waals surface area contributed by atoms with Crippen LogP contribution in [0.1, 0.15) is 29.3 Å². The van der Waals surface area contributed by atoms with Crippen molar-refractivity contribution in [1.29, 1.82) is 5.26 Å². The van der Waals surface area contributed by atoms with Crippen molar-refractivity contribution in [2.24, 2.45) is 5.92 Å². The first kappa shape index (κ1) is 11.3. The van der Waals surface area contributed by atoms with Crippen molar-refractivity contribution in [1.82, 2.24) is 0 Å². The quantitative estimate of drug-likeness (QED) is 0.803. The zero-order chi connectivity index (χ0) is 12.4. The molecule has 0 saturated carbocycles. The molecule has 1 atom stereocenters. The summed E-state index contributed by atoms with van der Waals surface area (Å²) in [4.78, 5) is 23.1. The van der Waals surface area contributed by atoms with Gasteiger partial charge in [0.1, 0.15) is 5.92 Å². The Morgan fingerprint density at radius 1 is 1.59 bits per heavy atom. The zero-order valence-electron chi connectivity index (χ0n) is 9.49. The molecule has 1 aliphatic rings. The van der Waals surface area contributed by atoms with Crippen LogP contribution in [0.5, 0.6) is 0 Å². The minimum absolute atomic E-state index is 0.0584. The van der Waals surface area contributed by atoms with Gasteiger partial charge in [-0.3, -0.25) is 9.59 Å². The normalized spacial score (nSPS) is 14.7. The molecular weight excluding hydrogens is 216 g/mol. The molecule has 4 nitrogen and oxygen atoms in total. The van der Waals surface area contributed by atoms with E-state index < -0.39 is 5.92 Å². The minimum Gasteiger partial charge on any atom is -0.326 e. The summed E-state index contributed by atoms with van der Waals surface area (Å²) in [5, 5.41) is 11.6. The van der Waals surface area contributed by atoms with Gasteiger partial charge < -0.3 is 5.32 Å². The number of rotatable bonds is 3. The average Bonchev–Trinajstić information content (AvgIpc) is 2.69. The number of Topliss-reactive ketones (excluding diaryl/α,β-unsaturated/α-hetero) is 1. The number of nitrogens with one attached hydrogen (secondary N) is 1. The van der Waals surface area contributed by atoms with Crippen LogP contribution >= 0.6 is 0 Å². The van der Waals surface area contributed by atoms with Gasteiger partial charge in [-0.15, -0.1) is 0 Å². The topological polar surface area (TPSA) is 70.0 Å². The molecule has 0 aromatic heterocycles. The number of hydrogen-bond acceptors (Lipinski definition) is 3. The lowest BCUT2D eigenvalue weighted by molar-refractivity contribution is -0.115. The summed E-state index contributed by atoms with van der Waals surface area (Å²) < 4.78 is 0. The van der Waals surface area contributed by atoms with Crippen molar-refractivity contribution >= 4 is 17.4 Å². The predicted octanol–water partition coefficient (Wildman–Crippen LogP) is 1.91. The van der Waals surface area contributed by atoms with Crippen LogP contribution in [-0.2, 0) is 11.2 Å². The number of carbonyl (C=O) groups excluding carboxylic acids is 2. The van der Waals surface area contributed by atoms with Crippen molar-refractivity contribution < 1.29 is 9.59 Å². The van der Waals surface area contributed by atoms with E-state index in [2.05, 4.69) is 5.32 Å². The summed E-state index contributed by atoms with van der Waals surface area (Å²) >= 11 is 0. The van der Waals surface area contributed by atoms with Gasteiger partial charge in [-0.1, -0.05) is 6.92 Å². The third-order valence-corrected chi connectivity index (χ3v) is 2.90. The van der Waals surface area contributed by atoms with Gasteiger partial charge in [-0.25, -0.2) is 0 Å². The summed E-state index contributed by atoms with van der Waals surface area (Å²) in [5.74, 6) is -0.827. The number of nitrogens with zero attached hydrogens (tertiary/aromatic N) is 1. The molecule has 1 N–H and O–H groups in total. The summed E-state index contributed by atoms with van der Waals surface area (Å²) in [6.07, 6.45) is 0.809. The maximum Gasteiger partial charge on any atom is 0.228 e. The van der Waals surface area contributed by atoms with Crippen LogP contribution in [-0.4, -0.2) is 11.7 Å². The fraction of sp³-hybridized carbons (Fsp3) is 0.308. The maximum atomic E-state index is 12.0. The zero-order valence-corrected chi connectivity index (χ0v) is 9.49. The number of anilines is 1. The molecule has 1 amide bonds. The smallest absolute Gasteiger partial charge is 0.228 e. The fourth-order valence-corrected chi connectivity index (χ4v) is 1.92. The van der Waals surface area contributed by atoms with Gasteiger partial charge >= 0.3 is 0 Å². The van der Waals surface area contributed by atoms with Gasteiger partial charge in [0.15, 0.2) is 5.78 Å². The molecule has 0 fully saturated rings. The Balaban J connectivity index is 2.31. The third-order valence-electron chi connectivity index (χ3n) is 2.90. The molecule has 0 saturated heterocycles. The summed E-state index contributed by atoms with van der Waals surface area (Å²) in [7, 11) is 0. The van der Waals surface area contributed by atoms with Crippen LogP contribution in [0.25, 0.3) is 0 Å². The van der Waals surface area contributed by atoms with Crippen LogP contribution < -0.4 is 5.32 Å². The lowest BCUT2D eigenvalue weighted by Crippen LogP contribution is -2.12. The molecule has 1 aliphatic heterocycles. The van der Waals surface area contributed by atoms with Crippen molar-refractivity contribution in [3.63, 3.8) is 0 Å². The second kappa shape index (κ2) is 4.38. The molecule has 1 aromatic carbocycles. The molecule has 1 heterocycles. The van der Waals surface area contributed by atoms with Gasteiger partial charge in [0.2, 0.25) is 5.91 Å². The van der Waals surface area contributed by atoms with Crippen LogP contribution in [0.2, 0.25) is 0 Å². The number of ketones is 1. The number of hydrogen-bond donors (Lipinski definition) is 1. The molecule has 86 valence electrons. The van der Waals surface area contributed by atoms with E-state index in [-0.39, 0.29) is 11.7 Å². The molecule has 0 radical (unpaired) electrons. The van der Waals surface area contributed by atoms with E-state index in [1.165, 1.54) is 0 Å². The molecule has 4 heteroatoms. The third kappa shape index (κ3) is 2.04. The Bertz CT molecular complexity index is 529. The van der Waals surface area contributed by atoms with Crippen molar-refractivity contribution in [2.45, 2.75) is 19.8 Å². The molecule has 17 heavy (non-hydrogen) atoms. The molecule has 0 bridgehead atoms. The predicted molar refractivity (Wildman–Crippen MR) is 62.5 cm³/mol. The fourth-order valence-electron chi connectivity index (χ4n) is 1.92. The van der Waals surface area contributed by atoms with Crippen molar-refractivity contribution in [3.8, 4) is 6.07 Å². The highest BCUT2D eigenvalue weighted by molar-refractivity contribution is 6.03. The van der Waals surface area contributed by atoms with Gasteiger partial charge in [-0.2, -0.15) is 5.26 Å². The second-order valence-electron chi connectivity index (χ2n) is 4.05. The highest BCUT2D eigenvalue weighted by Gasteiger charge is 2.22. The van der Waals surface area contributed by atoms with E-state index >= 15 is 0 Å². The van der Waals surface area contributed by atoms with Crippen LogP contribution in [0, 0.1) is 17.2 Å². The molecular formula is C13H12N2O2. The number of nitriles is 1. The van der Waals surface area contributed by atoms with Gasteiger partial charge in [0.25, 0.3) is 0 Å². The largest absolute Gasteiger partial charge is 0.326 e. The van der Waals surface area contributed by atoms with Crippen molar-refractivity contribution in [3.05, 3.63) is 29.3 Å². The van der Waals surface area contributed by atoms with Crippen LogP contribution in [0.4, 0.5) is 5.69 Å². The van der Waals surface area contributed by atoms with Crippen LogP contribution in [0.15, 0.2) is 18.2 Å². The summed E-state index contributed by atoms with van der Waals surface area (Å²) in [6, 6.07) is 7.08. The molecule has 1 unspecified atom stereocenters. The SMILES string of the molecule is CCC(C#N)C(=O)c1ccc2c(c1)CC(=O)N2.